The van der Waals surface area contributed by atoms with Crippen molar-refractivity contribution in [1.82, 2.24) is 0 Å². The molecule has 0 rings (SSSR count). The molecule has 0 heterocycles. The smallest absolute Gasteiger partial charge is 0.0654 e. The van der Waals surface area contributed by atoms with Crippen molar-refractivity contribution < 1.29 is 4.74 Å². The van der Waals surface area contributed by atoms with E-state index in [1.165, 1.54) is 44.9 Å². The third kappa shape index (κ3) is 16.2. The topological polar surface area (TPSA) is 9.23 Å². The van der Waals surface area contributed by atoms with Gasteiger partial charge in [0.05, 0.1) is 14.5 Å². The first kappa shape index (κ1) is 21.9. The number of rotatable bonds is 15. The molecule has 0 aliphatic rings. The van der Waals surface area contributed by atoms with Gasteiger partial charge in [-0.2, -0.15) is 0 Å². The molecular weight excluding hydrogens is 290 g/mol. The first-order chi connectivity index (χ1) is 10.8. The third-order valence-corrected chi connectivity index (χ3v) is 4.29. The minimum Gasteiger partial charge on any atom is -0.380 e. The number of hydrogen-bond donors (Lipinski definition) is 0. The maximum absolute atomic E-state index is 6.06. The van der Waals surface area contributed by atoms with Gasteiger partial charge >= 0.3 is 0 Å². The van der Waals surface area contributed by atoms with Crippen molar-refractivity contribution in [3.8, 4) is 11.8 Å². The van der Waals surface area contributed by atoms with Crippen LogP contribution in [0.25, 0.3) is 0 Å². The Morgan fingerprint density at radius 3 is 2.36 bits per heavy atom. The number of hydrogen-bond acceptors (Lipinski definition) is 1. The number of ether oxygens (including phenoxy) is 1. The molecular formula is C19H34BClO. The molecule has 3 heteroatoms. The van der Waals surface area contributed by atoms with Crippen molar-refractivity contribution in [3.05, 3.63) is 0 Å². The van der Waals surface area contributed by atoms with Gasteiger partial charge < -0.3 is 4.74 Å². The van der Waals surface area contributed by atoms with Crippen LogP contribution in [0.2, 0.25) is 6.32 Å². The second-order valence-corrected chi connectivity index (χ2v) is 6.28. The molecule has 0 aromatic rings. The van der Waals surface area contributed by atoms with Gasteiger partial charge in [-0.05, 0) is 25.2 Å². The molecule has 2 radical (unpaired) electrons. The molecule has 0 N–H and O–H groups in total. The Morgan fingerprint density at radius 1 is 0.909 bits per heavy atom. The summed E-state index contributed by atoms with van der Waals surface area (Å²) in [7, 11) is 5.40. The molecule has 22 heavy (non-hydrogen) atoms. The van der Waals surface area contributed by atoms with E-state index in [-0.39, 0.29) is 0 Å². The van der Waals surface area contributed by atoms with Crippen LogP contribution in [0.15, 0.2) is 0 Å². The van der Waals surface area contributed by atoms with E-state index in [0.717, 1.165) is 44.8 Å². The van der Waals surface area contributed by atoms with Crippen LogP contribution in [0, 0.1) is 17.8 Å². The molecule has 0 fully saturated rings. The lowest BCUT2D eigenvalue weighted by Gasteiger charge is -2.11. The normalized spacial score (nSPS) is 11.9. The van der Waals surface area contributed by atoms with Crippen molar-refractivity contribution in [1.29, 1.82) is 0 Å². The van der Waals surface area contributed by atoms with E-state index in [2.05, 4.69) is 18.8 Å². The van der Waals surface area contributed by atoms with Gasteiger partial charge in [-0.3, -0.25) is 0 Å². The number of halogens is 1. The highest BCUT2D eigenvalue weighted by atomic mass is 35.5. The zero-order valence-corrected chi connectivity index (χ0v) is 15.3. The largest absolute Gasteiger partial charge is 0.380 e. The minimum atomic E-state index is 0.642. The Hall–Kier alpha value is -0.125. The Balaban J connectivity index is 3.45. The molecule has 0 bridgehead atoms. The van der Waals surface area contributed by atoms with Crippen LogP contribution in [-0.4, -0.2) is 26.9 Å². The van der Waals surface area contributed by atoms with Crippen LogP contribution in [0.4, 0.5) is 0 Å². The lowest BCUT2D eigenvalue weighted by Crippen LogP contribution is -2.02. The molecule has 0 aromatic heterocycles. The fourth-order valence-corrected chi connectivity index (χ4v) is 2.68. The van der Waals surface area contributed by atoms with Crippen LogP contribution in [0.5, 0.6) is 0 Å². The molecule has 0 aliphatic heterocycles. The van der Waals surface area contributed by atoms with Gasteiger partial charge in [0.2, 0.25) is 0 Å². The zero-order valence-electron chi connectivity index (χ0n) is 14.5. The standard InChI is InChI=1S/C19H34BClO/c1-2-3-4-5-6-9-13-19(18-21)14-10-7-8-11-16-22-17-12-15-20/h19H,2-6,9-18H2,1H3. The SMILES string of the molecule is [B]CCCOCCC#CCCC(CCl)CCCCCCCC. The molecule has 1 atom stereocenters. The highest BCUT2D eigenvalue weighted by Gasteiger charge is 2.05. The maximum atomic E-state index is 6.06. The summed E-state index contributed by atoms with van der Waals surface area (Å²) in [6, 6.07) is 0. The fraction of sp³-hybridized carbons (Fsp3) is 0.895. The highest BCUT2D eigenvalue weighted by molar-refractivity contribution is 6.18. The minimum absolute atomic E-state index is 0.642. The van der Waals surface area contributed by atoms with Gasteiger partial charge in [0.25, 0.3) is 0 Å². The molecule has 0 aliphatic carbocycles. The first-order valence-electron chi connectivity index (χ1n) is 9.14. The van der Waals surface area contributed by atoms with E-state index >= 15 is 0 Å². The Bertz CT molecular complexity index is 272. The molecule has 0 saturated heterocycles. The summed E-state index contributed by atoms with van der Waals surface area (Å²) in [5.41, 5.74) is 0. The lowest BCUT2D eigenvalue weighted by molar-refractivity contribution is 0.141. The molecule has 0 aromatic carbocycles. The van der Waals surface area contributed by atoms with Crippen LogP contribution < -0.4 is 0 Å². The van der Waals surface area contributed by atoms with Crippen molar-refractivity contribution in [2.24, 2.45) is 5.92 Å². The first-order valence-corrected chi connectivity index (χ1v) is 9.68. The third-order valence-electron chi connectivity index (χ3n) is 3.85. The van der Waals surface area contributed by atoms with Crippen LogP contribution >= 0.6 is 11.6 Å². The van der Waals surface area contributed by atoms with E-state index in [1.54, 1.807) is 0 Å². The molecule has 126 valence electrons. The van der Waals surface area contributed by atoms with Gasteiger partial charge in [-0.15, -0.1) is 23.4 Å². The summed E-state index contributed by atoms with van der Waals surface area (Å²) in [5, 5.41) is 0. The average molecular weight is 325 g/mol. The van der Waals surface area contributed by atoms with Crippen LogP contribution in [0.3, 0.4) is 0 Å². The summed E-state index contributed by atoms with van der Waals surface area (Å²) in [4.78, 5) is 0. The number of unbranched alkanes of at least 4 members (excludes halogenated alkanes) is 5. The van der Waals surface area contributed by atoms with Gasteiger partial charge in [-0.25, -0.2) is 0 Å². The van der Waals surface area contributed by atoms with Gasteiger partial charge in [-0.1, -0.05) is 51.8 Å². The van der Waals surface area contributed by atoms with Crippen LogP contribution in [-0.2, 0) is 4.74 Å². The van der Waals surface area contributed by atoms with E-state index in [1.807, 2.05) is 0 Å². The van der Waals surface area contributed by atoms with E-state index < -0.39 is 0 Å². The van der Waals surface area contributed by atoms with Crippen molar-refractivity contribution in [3.63, 3.8) is 0 Å². The Morgan fingerprint density at radius 2 is 1.64 bits per heavy atom. The average Bonchev–Trinajstić information content (AvgIpc) is 2.54. The predicted octanol–water partition coefficient (Wildman–Crippen LogP) is 5.76. The molecule has 0 saturated carbocycles. The molecule has 0 amide bonds. The van der Waals surface area contributed by atoms with Crippen molar-refractivity contribution in [2.75, 3.05) is 19.1 Å². The van der Waals surface area contributed by atoms with Gasteiger partial charge in [0, 0.05) is 25.3 Å². The number of alkyl halides is 1. The van der Waals surface area contributed by atoms with E-state index in [0.29, 0.717) is 12.2 Å². The summed E-state index contributed by atoms with van der Waals surface area (Å²) in [5.74, 6) is 7.85. The maximum Gasteiger partial charge on any atom is 0.0654 e. The fourth-order valence-electron chi connectivity index (χ4n) is 2.38. The summed E-state index contributed by atoms with van der Waals surface area (Å²) in [6.07, 6.45) is 14.0. The molecule has 1 unspecified atom stereocenters. The summed E-state index contributed by atoms with van der Waals surface area (Å²) < 4.78 is 5.41. The van der Waals surface area contributed by atoms with E-state index in [4.69, 9.17) is 24.2 Å². The van der Waals surface area contributed by atoms with Crippen molar-refractivity contribution >= 4 is 19.4 Å². The summed E-state index contributed by atoms with van der Waals surface area (Å²) in [6.45, 7) is 3.74. The quantitative estimate of drug-likeness (QED) is 0.161. The van der Waals surface area contributed by atoms with Gasteiger partial charge in [0.1, 0.15) is 0 Å². The predicted molar refractivity (Wildman–Crippen MR) is 99.8 cm³/mol. The molecule has 0 spiro atoms. The second kappa shape index (κ2) is 18.9. The summed E-state index contributed by atoms with van der Waals surface area (Å²) >= 11 is 6.06. The Labute approximate surface area is 145 Å². The molecule has 1 nitrogen and oxygen atoms in total. The van der Waals surface area contributed by atoms with Crippen LogP contribution in [0.1, 0.15) is 77.6 Å². The van der Waals surface area contributed by atoms with E-state index in [9.17, 15) is 0 Å². The highest BCUT2D eigenvalue weighted by Crippen LogP contribution is 2.18. The van der Waals surface area contributed by atoms with Crippen molar-refractivity contribution in [2.45, 2.75) is 83.9 Å². The van der Waals surface area contributed by atoms with Gasteiger partial charge in [0.15, 0.2) is 0 Å². The lowest BCUT2D eigenvalue weighted by atomic mass is 9.97. The second-order valence-electron chi connectivity index (χ2n) is 5.97. The Kier molecular flexibility index (Phi) is 18.8. The zero-order chi connectivity index (χ0) is 16.3. The monoisotopic (exact) mass is 324 g/mol.